The lowest BCUT2D eigenvalue weighted by Gasteiger charge is -2.39. The number of nitrogens with zero attached hydrogens (tertiary/aromatic N) is 1. The number of halogens is 1. The fraction of sp³-hybridized carbons (Fsp3) is 0.857. The van der Waals surface area contributed by atoms with Gasteiger partial charge in [-0.2, -0.15) is 0 Å². The first-order chi connectivity index (χ1) is 9.36. The van der Waals surface area contributed by atoms with Crippen LogP contribution in [0.1, 0.15) is 41.0 Å². The number of carbonyl (C=O) groups excluding carboxylic acids is 1. The summed E-state index contributed by atoms with van der Waals surface area (Å²) in [5, 5.41) is 19.6. The van der Waals surface area contributed by atoms with Gasteiger partial charge in [0.15, 0.2) is 0 Å². The number of carbonyl (C=O) groups is 2. The molecule has 0 aromatic rings. The Hall–Kier alpha value is -1.37. The Morgan fingerprint density at radius 3 is 2.29 bits per heavy atom. The van der Waals surface area contributed by atoms with E-state index in [1.165, 1.54) is 13.8 Å². The molecule has 0 aromatic carbocycles. The molecule has 1 heterocycles. The largest absolute Gasteiger partial charge is 0.481 e. The van der Waals surface area contributed by atoms with E-state index in [0.717, 1.165) is 4.90 Å². The standard InChI is InChI=1S/C14H24FNO5/c1-8(11(17)18)14(5,20)10-6-9(15)7-16(10)12(19)21-13(2,3)4/h8-10,20H,6-7H2,1-5H3,(H,17,18)/t8-,9-,10-,14+/m0/s1. The first kappa shape index (κ1) is 17.7. The van der Waals surface area contributed by atoms with Gasteiger partial charge in [-0.3, -0.25) is 9.69 Å². The van der Waals surface area contributed by atoms with Crippen LogP contribution in [-0.2, 0) is 9.53 Å². The Balaban J connectivity index is 2.98. The van der Waals surface area contributed by atoms with Crippen LogP contribution in [0.4, 0.5) is 9.18 Å². The number of rotatable bonds is 3. The molecule has 4 atom stereocenters. The molecule has 0 radical (unpaired) electrons. The fourth-order valence-electron chi connectivity index (χ4n) is 2.40. The van der Waals surface area contributed by atoms with Crippen LogP contribution >= 0.6 is 0 Å². The number of hydrogen-bond donors (Lipinski definition) is 2. The van der Waals surface area contributed by atoms with Crippen molar-refractivity contribution in [3.8, 4) is 0 Å². The number of amides is 1. The highest BCUT2D eigenvalue weighted by Crippen LogP contribution is 2.34. The maximum absolute atomic E-state index is 13.7. The summed E-state index contributed by atoms with van der Waals surface area (Å²) in [6, 6.07) is -0.937. The average molecular weight is 305 g/mol. The molecule has 21 heavy (non-hydrogen) atoms. The van der Waals surface area contributed by atoms with Crippen LogP contribution in [0, 0.1) is 5.92 Å². The van der Waals surface area contributed by atoms with E-state index in [1.807, 2.05) is 0 Å². The molecule has 1 rings (SSSR count). The molecule has 0 aromatic heterocycles. The number of carboxylic acids is 1. The van der Waals surface area contributed by atoms with Crippen molar-refractivity contribution < 1.29 is 28.9 Å². The molecule has 0 unspecified atom stereocenters. The van der Waals surface area contributed by atoms with Crippen molar-refractivity contribution in [1.82, 2.24) is 4.90 Å². The summed E-state index contributed by atoms with van der Waals surface area (Å²) in [5.74, 6) is -2.34. The maximum atomic E-state index is 13.7. The molecule has 0 saturated carbocycles. The van der Waals surface area contributed by atoms with E-state index < -0.39 is 41.4 Å². The van der Waals surface area contributed by atoms with Gasteiger partial charge in [-0.05, 0) is 34.6 Å². The molecule has 6 nitrogen and oxygen atoms in total. The Kier molecular flexibility index (Phi) is 4.87. The Morgan fingerprint density at radius 2 is 1.86 bits per heavy atom. The van der Waals surface area contributed by atoms with E-state index in [4.69, 9.17) is 9.84 Å². The van der Waals surface area contributed by atoms with Crippen LogP contribution in [0.25, 0.3) is 0 Å². The number of aliphatic hydroxyl groups is 1. The predicted molar refractivity (Wildman–Crippen MR) is 73.7 cm³/mol. The van der Waals surface area contributed by atoms with Gasteiger partial charge in [0.25, 0.3) is 0 Å². The minimum absolute atomic E-state index is 0.107. The Labute approximate surface area is 123 Å². The lowest BCUT2D eigenvalue weighted by Crippen LogP contribution is -2.55. The van der Waals surface area contributed by atoms with Crippen LogP contribution in [0.15, 0.2) is 0 Å². The van der Waals surface area contributed by atoms with E-state index in [9.17, 15) is 19.1 Å². The van der Waals surface area contributed by atoms with Gasteiger partial charge < -0.3 is 14.9 Å². The van der Waals surface area contributed by atoms with Gasteiger partial charge in [-0.15, -0.1) is 0 Å². The third-order valence-electron chi connectivity index (χ3n) is 3.80. The Bertz CT molecular complexity index is 418. The van der Waals surface area contributed by atoms with Gasteiger partial charge in [0.1, 0.15) is 11.8 Å². The first-order valence-electron chi connectivity index (χ1n) is 6.95. The van der Waals surface area contributed by atoms with E-state index in [2.05, 4.69) is 0 Å². The van der Waals surface area contributed by atoms with Gasteiger partial charge in [-0.1, -0.05) is 0 Å². The molecular weight excluding hydrogens is 281 g/mol. The molecule has 1 aliphatic heterocycles. The zero-order valence-electron chi connectivity index (χ0n) is 13.1. The summed E-state index contributed by atoms with van der Waals surface area (Å²) in [5.41, 5.74) is -2.50. The smallest absolute Gasteiger partial charge is 0.410 e. The second kappa shape index (κ2) is 5.79. The van der Waals surface area contributed by atoms with E-state index in [0.29, 0.717) is 0 Å². The zero-order valence-corrected chi connectivity index (χ0v) is 13.1. The fourth-order valence-corrected chi connectivity index (χ4v) is 2.40. The lowest BCUT2D eigenvalue weighted by molar-refractivity contribution is -0.154. The molecule has 0 bridgehead atoms. The minimum atomic E-state index is -1.75. The predicted octanol–water partition coefficient (Wildman–Crippen LogP) is 1.81. The van der Waals surface area contributed by atoms with E-state index in [-0.39, 0.29) is 13.0 Å². The van der Waals surface area contributed by atoms with Gasteiger partial charge >= 0.3 is 12.1 Å². The third kappa shape index (κ3) is 4.06. The highest BCUT2D eigenvalue weighted by Gasteiger charge is 2.51. The van der Waals surface area contributed by atoms with Gasteiger partial charge in [0.05, 0.1) is 24.1 Å². The molecule has 1 fully saturated rings. The quantitative estimate of drug-likeness (QED) is 0.830. The SMILES string of the molecule is C[C@@H](C(=O)O)[C@@](C)(O)[C@@H]1C[C@H](F)CN1C(=O)OC(C)(C)C. The molecule has 1 aliphatic rings. The maximum Gasteiger partial charge on any atom is 0.410 e. The number of alkyl halides is 1. The molecule has 1 saturated heterocycles. The molecule has 122 valence electrons. The summed E-state index contributed by atoms with van der Waals surface area (Å²) < 4.78 is 18.9. The monoisotopic (exact) mass is 305 g/mol. The van der Waals surface area contributed by atoms with E-state index >= 15 is 0 Å². The number of likely N-dealkylation sites (tertiary alicyclic amines) is 1. The molecule has 0 aliphatic carbocycles. The summed E-state index contributed by atoms with van der Waals surface area (Å²) in [7, 11) is 0. The van der Waals surface area contributed by atoms with Crippen LogP contribution < -0.4 is 0 Å². The highest BCUT2D eigenvalue weighted by molar-refractivity contribution is 5.72. The molecule has 7 heteroatoms. The molecule has 2 N–H and O–H groups in total. The summed E-state index contributed by atoms with van der Waals surface area (Å²) >= 11 is 0. The summed E-state index contributed by atoms with van der Waals surface area (Å²) in [6.07, 6.45) is -2.16. The van der Waals surface area contributed by atoms with Crippen molar-refractivity contribution in [2.45, 2.75) is 64.5 Å². The number of ether oxygens (including phenoxy) is 1. The minimum Gasteiger partial charge on any atom is -0.481 e. The zero-order chi connectivity index (χ0) is 16.6. The van der Waals surface area contributed by atoms with Crippen LogP contribution in [0.2, 0.25) is 0 Å². The van der Waals surface area contributed by atoms with Gasteiger partial charge in [0, 0.05) is 6.42 Å². The summed E-state index contributed by atoms with van der Waals surface area (Å²) in [4.78, 5) is 24.3. The van der Waals surface area contributed by atoms with Crippen LogP contribution in [-0.4, -0.2) is 57.1 Å². The van der Waals surface area contributed by atoms with Crippen molar-refractivity contribution >= 4 is 12.1 Å². The second-order valence-corrected chi connectivity index (χ2v) is 6.77. The lowest BCUT2D eigenvalue weighted by atomic mass is 9.82. The number of aliphatic carboxylic acids is 1. The molecule has 1 amide bonds. The van der Waals surface area contributed by atoms with Crippen molar-refractivity contribution in [3.05, 3.63) is 0 Å². The van der Waals surface area contributed by atoms with Crippen LogP contribution in [0.5, 0.6) is 0 Å². The Morgan fingerprint density at radius 1 is 1.33 bits per heavy atom. The highest BCUT2D eigenvalue weighted by atomic mass is 19.1. The molecule has 0 spiro atoms. The van der Waals surface area contributed by atoms with Crippen molar-refractivity contribution in [3.63, 3.8) is 0 Å². The van der Waals surface area contributed by atoms with Gasteiger partial charge in [-0.25, -0.2) is 9.18 Å². The second-order valence-electron chi connectivity index (χ2n) is 6.77. The normalized spacial score (nSPS) is 27.1. The van der Waals surface area contributed by atoms with Crippen molar-refractivity contribution in [1.29, 1.82) is 0 Å². The van der Waals surface area contributed by atoms with E-state index in [1.54, 1.807) is 20.8 Å². The third-order valence-corrected chi connectivity index (χ3v) is 3.80. The number of carboxylic acid groups (broad SMARTS) is 1. The summed E-state index contributed by atoms with van der Waals surface area (Å²) in [6.45, 7) is 7.48. The van der Waals surface area contributed by atoms with Gasteiger partial charge in [0.2, 0.25) is 0 Å². The van der Waals surface area contributed by atoms with Crippen LogP contribution in [0.3, 0.4) is 0 Å². The first-order valence-corrected chi connectivity index (χ1v) is 6.95. The van der Waals surface area contributed by atoms with Crippen molar-refractivity contribution in [2.24, 2.45) is 5.92 Å². The van der Waals surface area contributed by atoms with Crippen molar-refractivity contribution in [2.75, 3.05) is 6.54 Å². The number of hydrogen-bond acceptors (Lipinski definition) is 4. The topological polar surface area (TPSA) is 87.1 Å². The molecular formula is C14H24FNO5. The average Bonchev–Trinajstić information content (AvgIpc) is 2.68.